The summed E-state index contributed by atoms with van der Waals surface area (Å²) < 4.78 is 18.2. The highest BCUT2D eigenvalue weighted by Gasteiger charge is 2.16. The van der Waals surface area contributed by atoms with Crippen molar-refractivity contribution in [1.82, 2.24) is 15.0 Å². The largest absolute Gasteiger partial charge is 0.496 e. The van der Waals surface area contributed by atoms with Crippen LogP contribution in [0, 0.1) is 0 Å². The van der Waals surface area contributed by atoms with E-state index in [9.17, 15) is 14.1 Å². The van der Waals surface area contributed by atoms with Crippen molar-refractivity contribution in [1.29, 1.82) is 0 Å². The van der Waals surface area contributed by atoms with E-state index in [1.807, 2.05) is 6.07 Å². The van der Waals surface area contributed by atoms with Crippen molar-refractivity contribution in [2.45, 2.75) is 10.9 Å². The third-order valence-corrected chi connectivity index (χ3v) is 5.71. The molecule has 1 atom stereocenters. The van der Waals surface area contributed by atoms with Gasteiger partial charge in [-0.1, -0.05) is 30.3 Å². The lowest BCUT2D eigenvalue weighted by Crippen LogP contribution is -2.02. The number of hydrogen-bond acceptors (Lipinski definition) is 5. The van der Waals surface area contributed by atoms with E-state index in [0.29, 0.717) is 27.5 Å². The lowest BCUT2D eigenvalue weighted by molar-refractivity contribution is 0.0697. The first kappa shape index (κ1) is 18.8. The standard InChI is InChI=1S/C21H17N3O4S/c1-28-19-10-13(6-7-15(19)14-4-2-3-5-16(14)20(25)26)12-29(27)21-23-17-8-9-22-11-18(17)24-21/h2-11H,12H2,1H3,(H,23,24)(H,25,26). The SMILES string of the molecule is COc1cc(CS(=O)c2nc3ccncc3[nH]2)ccc1-c1ccccc1C(=O)O. The molecule has 2 heterocycles. The molecule has 29 heavy (non-hydrogen) atoms. The number of nitrogens with one attached hydrogen (secondary N) is 1. The van der Waals surface area contributed by atoms with Crippen LogP contribution in [-0.4, -0.2) is 37.3 Å². The average Bonchev–Trinajstić information content (AvgIpc) is 3.18. The summed E-state index contributed by atoms with van der Waals surface area (Å²) in [6.07, 6.45) is 3.27. The monoisotopic (exact) mass is 407 g/mol. The molecule has 0 aliphatic carbocycles. The lowest BCUT2D eigenvalue weighted by atomic mass is 9.98. The number of nitrogens with zero attached hydrogens (tertiary/aromatic N) is 2. The predicted octanol–water partition coefficient (Wildman–Crippen LogP) is 3.64. The Morgan fingerprint density at radius 1 is 1.17 bits per heavy atom. The molecule has 0 spiro atoms. The fourth-order valence-corrected chi connectivity index (χ4v) is 4.16. The maximum atomic E-state index is 12.8. The second-order valence-corrected chi connectivity index (χ2v) is 7.68. The Morgan fingerprint density at radius 3 is 2.76 bits per heavy atom. The zero-order valence-electron chi connectivity index (χ0n) is 15.5. The van der Waals surface area contributed by atoms with Gasteiger partial charge in [0.1, 0.15) is 5.75 Å². The van der Waals surface area contributed by atoms with Gasteiger partial charge < -0.3 is 14.8 Å². The molecule has 0 aliphatic heterocycles. The van der Waals surface area contributed by atoms with Gasteiger partial charge in [-0.3, -0.25) is 9.19 Å². The van der Waals surface area contributed by atoms with Crippen LogP contribution in [0.5, 0.6) is 5.75 Å². The van der Waals surface area contributed by atoms with Gasteiger partial charge in [0.25, 0.3) is 0 Å². The summed E-state index contributed by atoms with van der Waals surface area (Å²) in [5, 5.41) is 9.84. The number of imidazole rings is 1. The Kier molecular flexibility index (Phi) is 5.09. The number of carboxylic acids is 1. The molecule has 1 unspecified atom stereocenters. The molecule has 4 aromatic rings. The molecule has 7 nitrogen and oxygen atoms in total. The maximum absolute atomic E-state index is 12.8. The molecule has 0 fully saturated rings. The first-order valence-electron chi connectivity index (χ1n) is 8.74. The molecule has 2 aromatic carbocycles. The highest BCUT2D eigenvalue weighted by molar-refractivity contribution is 7.84. The summed E-state index contributed by atoms with van der Waals surface area (Å²) in [5.41, 5.74) is 3.65. The molecule has 0 bridgehead atoms. The summed E-state index contributed by atoms with van der Waals surface area (Å²) in [6.45, 7) is 0. The number of fused-ring (bicyclic) bond motifs is 1. The number of aromatic nitrogens is 3. The van der Waals surface area contributed by atoms with E-state index in [1.54, 1.807) is 54.9 Å². The van der Waals surface area contributed by atoms with Gasteiger partial charge in [0.15, 0.2) is 5.16 Å². The fraction of sp³-hybridized carbons (Fsp3) is 0.0952. The highest BCUT2D eigenvalue weighted by Crippen LogP contribution is 2.33. The average molecular weight is 407 g/mol. The first-order chi connectivity index (χ1) is 14.1. The summed E-state index contributed by atoms with van der Waals surface area (Å²) >= 11 is 0. The molecule has 0 aliphatic rings. The fourth-order valence-electron chi connectivity index (χ4n) is 3.11. The zero-order chi connectivity index (χ0) is 20.4. The molecule has 0 amide bonds. The number of aromatic amines is 1. The minimum Gasteiger partial charge on any atom is -0.496 e. The lowest BCUT2D eigenvalue weighted by Gasteiger charge is -2.12. The minimum atomic E-state index is -1.38. The minimum absolute atomic E-state index is 0.193. The van der Waals surface area contributed by atoms with Crippen molar-refractivity contribution < 1.29 is 18.8 Å². The molecule has 0 saturated heterocycles. The van der Waals surface area contributed by atoms with Crippen LogP contribution in [0.3, 0.4) is 0 Å². The Labute approximate surface area is 168 Å². The number of ether oxygens (including phenoxy) is 1. The van der Waals surface area contributed by atoms with E-state index >= 15 is 0 Å². The van der Waals surface area contributed by atoms with Gasteiger partial charge in [-0.2, -0.15) is 0 Å². The maximum Gasteiger partial charge on any atom is 0.336 e. The van der Waals surface area contributed by atoms with Crippen LogP contribution < -0.4 is 4.74 Å². The van der Waals surface area contributed by atoms with E-state index in [1.165, 1.54) is 7.11 Å². The Balaban J connectivity index is 1.65. The van der Waals surface area contributed by atoms with E-state index in [0.717, 1.165) is 11.1 Å². The van der Waals surface area contributed by atoms with Gasteiger partial charge >= 0.3 is 5.97 Å². The number of rotatable bonds is 6. The number of carboxylic acid groups (broad SMARTS) is 1. The van der Waals surface area contributed by atoms with Crippen LogP contribution in [0.15, 0.2) is 66.1 Å². The summed E-state index contributed by atoms with van der Waals surface area (Å²) in [4.78, 5) is 23.0. The second kappa shape index (κ2) is 7.84. The van der Waals surface area contributed by atoms with Crippen LogP contribution in [-0.2, 0) is 16.6 Å². The molecule has 2 N–H and O–H groups in total. The second-order valence-electron chi connectivity index (χ2n) is 6.31. The van der Waals surface area contributed by atoms with Crippen molar-refractivity contribution >= 4 is 27.8 Å². The highest BCUT2D eigenvalue weighted by atomic mass is 32.2. The van der Waals surface area contributed by atoms with Crippen LogP contribution in [0.2, 0.25) is 0 Å². The van der Waals surface area contributed by atoms with Crippen molar-refractivity contribution in [3.05, 3.63) is 72.1 Å². The molecule has 2 aromatic heterocycles. The van der Waals surface area contributed by atoms with E-state index in [4.69, 9.17) is 4.74 Å². The molecule has 0 saturated carbocycles. The molecule has 4 rings (SSSR count). The van der Waals surface area contributed by atoms with Gasteiger partial charge in [0.05, 0.1) is 46.5 Å². The van der Waals surface area contributed by atoms with Gasteiger partial charge in [-0.05, 0) is 29.3 Å². The molecule has 146 valence electrons. The normalized spacial score (nSPS) is 12.0. The van der Waals surface area contributed by atoms with Crippen molar-refractivity contribution in [2.75, 3.05) is 7.11 Å². The van der Waals surface area contributed by atoms with Gasteiger partial charge in [-0.15, -0.1) is 0 Å². The van der Waals surface area contributed by atoms with E-state index in [-0.39, 0.29) is 11.3 Å². The number of H-pyrrole nitrogens is 1. The summed E-state index contributed by atoms with van der Waals surface area (Å²) in [5.74, 6) is -0.251. The molecule has 0 radical (unpaired) electrons. The van der Waals surface area contributed by atoms with Crippen molar-refractivity contribution in [3.63, 3.8) is 0 Å². The molecule has 8 heteroatoms. The Hall–Kier alpha value is -3.52. The van der Waals surface area contributed by atoms with Crippen molar-refractivity contribution in [3.8, 4) is 16.9 Å². The van der Waals surface area contributed by atoms with E-state index in [2.05, 4.69) is 15.0 Å². The van der Waals surface area contributed by atoms with Crippen LogP contribution in [0.25, 0.3) is 22.2 Å². The van der Waals surface area contributed by atoms with Crippen LogP contribution >= 0.6 is 0 Å². The number of aromatic carboxylic acids is 1. The molecular weight excluding hydrogens is 390 g/mol. The van der Waals surface area contributed by atoms with Gasteiger partial charge in [-0.25, -0.2) is 9.78 Å². The summed E-state index contributed by atoms with van der Waals surface area (Å²) in [6, 6.07) is 13.9. The topological polar surface area (TPSA) is 105 Å². The smallest absolute Gasteiger partial charge is 0.336 e. The third-order valence-electron chi connectivity index (χ3n) is 4.49. The zero-order valence-corrected chi connectivity index (χ0v) is 16.3. The third kappa shape index (κ3) is 3.74. The Bertz CT molecular complexity index is 1200. The quantitative estimate of drug-likeness (QED) is 0.506. The van der Waals surface area contributed by atoms with Gasteiger partial charge in [0.2, 0.25) is 0 Å². The number of carbonyl (C=O) groups is 1. The number of benzene rings is 2. The predicted molar refractivity (Wildman–Crippen MR) is 109 cm³/mol. The number of pyridine rings is 1. The number of hydrogen-bond donors (Lipinski definition) is 2. The Morgan fingerprint density at radius 2 is 2.00 bits per heavy atom. The first-order valence-corrected chi connectivity index (χ1v) is 10.1. The van der Waals surface area contributed by atoms with Crippen molar-refractivity contribution in [2.24, 2.45) is 0 Å². The van der Waals surface area contributed by atoms with Gasteiger partial charge in [0, 0.05) is 11.8 Å². The molecular formula is C21H17N3O4S. The van der Waals surface area contributed by atoms with Crippen LogP contribution in [0.1, 0.15) is 15.9 Å². The summed E-state index contributed by atoms with van der Waals surface area (Å²) in [7, 11) is 0.139. The number of methoxy groups -OCH3 is 1. The van der Waals surface area contributed by atoms with E-state index < -0.39 is 16.8 Å². The van der Waals surface area contributed by atoms with Crippen LogP contribution in [0.4, 0.5) is 0 Å².